The summed E-state index contributed by atoms with van der Waals surface area (Å²) in [5, 5.41) is 6.79. The molecule has 0 bridgehead atoms. The van der Waals surface area contributed by atoms with Crippen molar-refractivity contribution in [2.75, 3.05) is 5.75 Å². The highest BCUT2D eigenvalue weighted by Gasteiger charge is 2.27. The first-order valence-corrected chi connectivity index (χ1v) is 8.34. The van der Waals surface area contributed by atoms with Gasteiger partial charge in [-0.25, -0.2) is 0 Å². The van der Waals surface area contributed by atoms with Gasteiger partial charge >= 0.3 is 0 Å². The Morgan fingerprint density at radius 2 is 2.22 bits per heavy atom. The van der Waals surface area contributed by atoms with Gasteiger partial charge < -0.3 is 5.32 Å². The summed E-state index contributed by atoms with van der Waals surface area (Å²) in [6.07, 6.45) is 1.19. The molecule has 0 saturated heterocycles. The topological polar surface area (TPSA) is 24.4 Å². The number of amidine groups is 1. The first-order valence-electron chi connectivity index (χ1n) is 6.47. The molecule has 0 aromatic carbocycles. The molecule has 4 heteroatoms. The fourth-order valence-electron chi connectivity index (χ4n) is 2.01. The molecule has 100 valence electrons. The van der Waals surface area contributed by atoms with E-state index in [0.29, 0.717) is 12.1 Å². The molecule has 2 unspecified atom stereocenters. The molecule has 2 nitrogen and oxygen atoms in total. The molecule has 2 heterocycles. The average Bonchev–Trinajstić information content (AvgIpc) is 2.81. The van der Waals surface area contributed by atoms with Crippen LogP contribution in [0.3, 0.4) is 0 Å². The van der Waals surface area contributed by atoms with Crippen LogP contribution in [0.25, 0.3) is 0 Å². The molecule has 1 aromatic heterocycles. The third kappa shape index (κ3) is 3.51. The number of aliphatic imine (C=N–C) groups is 1. The molecule has 0 radical (unpaired) electrons. The average molecular weight is 282 g/mol. The Morgan fingerprint density at radius 3 is 2.83 bits per heavy atom. The second-order valence-electron chi connectivity index (χ2n) is 5.83. The van der Waals surface area contributed by atoms with E-state index >= 15 is 0 Å². The van der Waals surface area contributed by atoms with E-state index in [2.05, 4.69) is 50.5 Å². The second-order valence-corrected chi connectivity index (χ2v) is 7.90. The number of nitrogens with one attached hydrogen (secondary N) is 1. The third-order valence-electron chi connectivity index (χ3n) is 3.21. The predicted octanol–water partition coefficient (Wildman–Crippen LogP) is 4.31. The molecular formula is C14H22N2S2. The maximum atomic E-state index is 4.88. The molecule has 0 fully saturated rings. The molecule has 1 N–H and O–H groups in total. The lowest BCUT2D eigenvalue weighted by molar-refractivity contribution is 0.315. The number of thiophene rings is 1. The minimum atomic E-state index is 0.264. The zero-order chi connectivity index (χ0) is 13.2. The Morgan fingerprint density at radius 1 is 1.44 bits per heavy atom. The number of hydrogen-bond donors (Lipinski definition) is 1. The van der Waals surface area contributed by atoms with Crippen LogP contribution in [0, 0.1) is 5.41 Å². The van der Waals surface area contributed by atoms with Gasteiger partial charge in [0.25, 0.3) is 0 Å². The highest BCUT2D eigenvalue weighted by molar-refractivity contribution is 8.13. The molecule has 1 aliphatic rings. The summed E-state index contributed by atoms with van der Waals surface area (Å²) >= 11 is 3.65. The van der Waals surface area contributed by atoms with Crippen LogP contribution in [0.4, 0.5) is 0 Å². The van der Waals surface area contributed by atoms with E-state index in [1.54, 1.807) is 11.3 Å². The van der Waals surface area contributed by atoms with Crippen molar-refractivity contribution in [2.24, 2.45) is 10.4 Å². The number of nitrogens with zero attached hydrogens (tertiary/aromatic N) is 1. The molecule has 1 aromatic rings. The molecule has 0 aliphatic carbocycles. The highest BCUT2D eigenvalue weighted by atomic mass is 32.2. The first kappa shape index (κ1) is 13.9. The quantitative estimate of drug-likeness (QED) is 0.874. The number of hydrogen-bond acceptors (Lipinski definition) is 4. The fraction of sp³-hybridized carbons (Fsp3) is 0.643. The molecule has 1 aliphatic heterocycles. The van der Waals surface area contributed by atoms with Crippen LogP contribution in [0.5, 0.6) is 0 Å². The van der Waals surface area contributed by atoms with Crippen LogP contribution >= 0.6 is 23.1 Å². The third-order valence-corrected chi connectivity index (χ3v) is 5.20. The van der Waals surface area contributed by atoms with Crippen molar-refractivity contribution in [3.63, 3.8) is 0 Å². The minimum Gasteiger partial charge on any atom is -0.358 e. The Bertz CT molecular complexity index is 404. The minimum absolute atomic E-state index is 0.264. The second kappa shape index (κ2) is 5.66. The van der Waals surface area contributed by atoms with Gasteiger partial charge in [-0.2, -0.15) is 0 Å². The Balaban J connectivity index is 2.03. The van der Waals surface area contributed by atoms with Gasteiger partial charge in [-0.3, -0.25) is 4.99 Å². The van der Waals surface area contributed by atoms with Crippen molar-refractivity contribution >= 4 is 28.3 Å². The van der Waals surface area contributed by atoms with Gasteiger partial charge in [-0.15, -0.1) is 11.3 Å². The van der Waals surface area contributed by atoms with E-state index < -0.39 is 0 Å². The summed E-state index contributed by atoms with van der Waals surface area (Å²) < 4.78 is 0. The fourth-order valence-corrected chi connectivity index (χ4v) is 3.74. The summed E-state index contributed by atoms with van der Waals surface area (Å²) in [6, 6.07) is 5.08. The van der Waals surface area contributed by atoms with Crippen LogP contribution in [0.2, 0.25) is 0 Å². The summed E-state index contributed by atoms with van der Waals surface area (Å²) in [4.78, 5) is 6.25. The Hall–Kier alpha value is -0.480. The van der Waals surface area contributed by atoms with Gasteiger partial charge in [0.05, 0.1) is 12.1 Å². The molecule has 2 atom stereocenters. The maximum absolute atomic E-state index is 4.88. The standard InChI is InChI=1S/C14H22N2S2/c1-10(11-6-5-8-17-11)15-13-16-12(7-9-18-13)14(2,3)4/h5-6,8,10,12H,7,9H2,1-4H3,(H,15,16). The maximum Gasteiger partial charge on any atom is 0.157 e. The zero-order valence-corrected chi connectivity index (χ0v) is 13.2. The van der Waals surface area contributed by atoms with Crippen molar-refractivity contribution in [2.45, 2.75) is 46.2 Å². The summed E-state index contributed by atoms with van der Waals surface area (Å²) in [5.74, 6) is 1.17. The Labute approximate surface area is 118 Å². The van der Waals surface area contributed by atoms with Crippen LogP contribution < -0.4 is 5.32 Å². The first-order chi connectivity index (χ1) is 8.47. The van der Waals surface area contributed by atoms with Crippen molar-refractivity contribution < 1.29 is 0 Å². The summed E-state index contributed by atoms with van der Waals surface area (Å²) in [5.41, 5.74) is 0.264. The lowest BCUT2D eigenvalue weighted by Crippen LogP contribution is -2.34. The van der Waals surface area contributed by atoms with Crippen LogP contribution in [0.15, 0.2) is 22.5 Å². The van der Waals surface area contributed by atoms with Crippen molar-refractivity contribution in [1.82, 2.24) is 5.32 Å². The lowest BCUT2D eigenvalue weighted by atomic mass is 9.85. The van der Waals surface area contributed by atoms with Crippen LogP contribution in [-0.2, 0) is 0 Å². The number of rotatable bonds is 2. The highest BCUT2D eigenvalue weighted by Crippen LogP contribution is 2.31. The van der Waals surface area contributed by atoms with Gasteiger partial charge in [-0.05, 0) is 30.2 Å². The molecule has 0 amide bonds. The largest absolute Gasteiger partial charge is 0.358 e. The van der Waals surface area contributed by atoms with Gasteiger partial charge in [0.15, 0.2) is 5.17 Å². The molecule has 18 heavy (non-hydrogen) atoms. The lowest BCUT2D eigenvalue weighted by Gasteiger charge is -2.31. The SMILES string of the molecule is CC(NC1=NC(C(C)(C)C)CCS1)c1cccs1. The van der Waals surface area contributed by atoms with Gasteiger partial charge in [0.2, 0.25) is 0 Å². The van der Waals surface area contributed by atoms with Gasteiger partial charge in [-0.1, -0.05) is 38.6 Å². The Kier molecular flexibility index (Phi) is 4.38. The van der Waals surface area contributed by atoms with Crippen LogP contribution in [-0.4, -0.2) is 17.0 Å². The molecule has 0 spiro atoms. The van der Waals surface area contributed by atoms with Gasteiger partial charge in [0, 0.05) is 10.6 Å². The zero-order valence-electron chi connectivity index (χ0n) is 11.6. The van der Waals surface area contributed by atoms with Gasteiger partial charge in [0.1, 0.15) is 0 Å². The normalized spacial score (nSPS) is 22.4. The smallest absolute Gasteiger partial charge is 0.157 e. The van der Waals surface area contributed by atoms with Crippen molar-refractivity contribution in [3.05, 3.63) is 22.4 Å². The van der Waals surface area contributed by atoms with Crippen LogP contribution in [0.1, 0.15) is 45.0 Å². The summed E-state index contributed by atoms with van der Waals surface area (Å²) in [6.45, 7) is 9.03. The van der Waals surface area contributed by atoms with Crippen molar-refractivity contribution in [3.8, 4) is 0 Å². The molecule has 0 saturated carbocycles. The van der Waals surface area contributed by atoms with E-state index in [1.165, 1.54) is 17.1 Å². The van der Waals surface area contributed by atoms with Crippen molar-refractivity contribution in [1.29, 1.82) is 0 Å². The molecule has 2 rings (SSSR count). The van der Waals surface area contributed by atoms with E-state index in [-0.39, 0.29) is 5.41 Å². The summed E-state index contributed by atoms with van der Waals surface area (Å²) in [7, 11) is 0. The predicted molar refractivity (Wildman–Crippen MR) is 83.6 cm³/mol. The van der Waals surface area contributed by atoms with E-state index in [4.69, 9.17) is 4.99 Å². The van der Waals surface area contributed by atoms with E-state index in [9.17, 15) is 0 Å². The number of thioether (sulfide) groups is 1. The van der Waals surface area contributed by atoms with E-state index in [1.807, 2.05) is 11.8 Å². The van der Waals surface area contributed by atoms with E-state index in [0.717, 1.165) is 5.17 Å². The monoisotopic (exact) mass is 282 g/mol. The molecular weight excluding hydrogens is 260 g/mol.